The van der Waals surface area contributed by atoms with E-state index in [4.69, 9.17) is 4.98 Å². The summed E-state index contributed by atoms with van der Waals surface area (Å²) in [5.41, 5.74) is 2.42. The van der Waals surface area contributed by atoms with Gasteiger partial charge in [-0.2, -0.15) is 0 Å². The number of benzene rings is 1. The van der Waals surface area contributed by atoms with Gasteiger partial charge < -0.3 is 0 Å². The summed E-state index contributed by atoms with van der Waals surface area (Å²) in [6.07, 6.45) is 7.60. The van der Waals surface area contributed by atoms with Crippen molar-refractivity contribution < 1.29 is 0 Å². The first kappa shape index (κ1) is 13.9. The van der Waals surface area contributed by atoms with E-state index < -0.39 is 0 Å². The fourth-order valence-corrected chi connectivity index (χ4v) is 4.36. The third-order valence-corrected chi connectivity index (χ3v) is 5.46. The monoisotopic (exact) mass is 309 g/mol. The lowest BCUT2D eigenvalue weighted by Gasteiger charge is -2.34. The Bertz CT molecular complexity index is 720. The molecule has 0 saturated carbocycles. The van der Waals surface area contributed by atoms with E-state index in [-0.39, 0.29) is 0 Å². The van der Waals surface area contributed by atoms with Gasteiger partial charge in [-0.15, -0.1) is 11.3 Å². The van der Waals surface area contributed by atoms with Crippen LogP contribution < -0.4 is 0 Å². The van der Waals surface area contributed by atoms with Gasteiger partial charge in [-0.3, -0.25) is 9.88 Å². The van der Waals surface area contributed by atoms with Crippen molar-refractivity contribution in [3.05, 3.63) is 59.4 Å². The molecular formula is C18H19N3S. The Morgan fingerprint density at radius 3 is 2.95 bits per heavy atom. The summed E-state index contributed by atoms with van der Waals surface area (Å²) < 4.78 is 1.30. The molecule has 1 aliphatic rings. The zero-order valence-electron chi connectivity index (χ0n) is 12.5. The Kier molecular flexibility index (Phi) is 3.87. The molecule has 1 atom stereocenters. The molecule has 1 saturated heterocycles. The van der Waals surface area contributed by atoms with Crippen LogP contribution in [0.15, 0.2) is 48.8 Å². The van der Waals surface area contributed by atoms with E-state index in [1.807, 2.05) is 29.8 Å². The van der Waals surface area contributed by atoms with Gasteiger partial charge in [0.2, 0.25) is 0 Å². The van der Waals surface area contributed by atoms with Gasteiger partial charge >= 0.3 is 0 Å². The normalized spacial score (nSPS) is 19.5. The molecule has 2 aromatic heterocycles. The van der Waals surface area contributed by atoms with Crippen LogP contribution in [0.25, 0.3) is 10.2 Å². The Morgan fingerprint density at radius 1 is 1.14 bits per heavy atom. The zero-order valence-corrected chi connectivity index (χ0v) is 13.3. The fourth-order valence-electron chi connectivity index (χ4n) is 3.22. The molecule has 4 heteroatoms. The summed E-state index contributed by atoms with van der Waals surface area (Å²) >= 11 is 1.85. The summed E-state index contributed by atoms with van der Waals surface area (Å²) in [7, 11) is 0. The van der Waals surface area contributed by atoms with E-state index in [0.29, 0.717) is 6.04 Å². The lowest BCUT2D eigenvalue weighted by Crippen LogP contribution is -2.32. The van der Waals surface area contributed by atoms with E-state index in [0.717, 1.165) is 18.6 Å². The van der Waals surface area contributed by atoms with Crippen LogP contribution in [0.4, 0.5) is 0 Å². The maximum atomic E-state index is 4.89. The Morgan fingerprint density at radius 2 is 2.09 bits per heavy atom. The second-order valence-electron chi connectivity index (χ2n) is 5.86. The van der Waals surface area contributed by atoms with Crippen LogP contribution in [0.5, 0.6) is 0 Å². The highest BCUT2D eigenvalue weighted by Crippen LogP contribution is 2.36. The van der Waals surface area contributed by atoms with Gasteiger partial charge in [0.15, 0.2) is 0 Å². The Hall–Kier alpha value is -1.78. The largest absolute Gasteiger partial charge is 0.290 e. The minimum Gasteiger partial charge on any atom is -0.290 e. The molecule has 0 N–H and O–H groups in total. The minimum atomic E-state index is 0.450. The third-order valence-electron chi connectivity index (χ3n) is 4.32. The molecule has 3 nitrogen and oxygen atoms in total. The summed E-state index contributed by atoms with van der Waals surface area (Å²) in [5.74, 6) is 0. The van der Waals surface area contributed by atoms with Crippen molar-refractivity contribution in [2.45, 2.75) is 31.8 Å². The van der Waals surface area contributed by atoms with Crippen LogP contribution in [0, 0.1) is 0 Å². The molecule has 112 valence electrons. The van der Waals surface area contributed by atoms with Crippen LogP contribution in [-0.4, -0.2) is 21.4 Å². The average molecular weight is 309 g/mol. The molecule has 3 heterocycles. The summed E-state index contributed by atoms with van der Waals surface area (Å²) in [5, 5.41) is 1.27. The molecule has 3 aromatic rings. The van der Waals surface area contributed by atoms with Gasteiger partial charge in [0.05, 0.1) is 16.3 Å². The lowest BCUT2D eigenvalue weighted by molar-refractivity contribution is 0.140. The molecule has 1 unspecified atom stereocenters. The summed E-state index contributed by atoms with van der Waals surface area (Å²) in [6, 6.07) is 13.1. The molecule has 0 aliphatic carbocycles. The minimum absolute atomic E-state index is 0.450. The summed E-state index contributed by atoms with van der Waals surface area (Å²) in [4.78, 5) is 11.7. The Labute approximate surface area is 134 Å². The second kappa shape index (κ2) is 6.15. The van der Waals surface area contributed by atoms with E-state index in [1.165, 1.54) is 34.5 Å². The Balaban J connectivity index is 1.62. The molecule has 4 rings (SSSR count). The van der Waals surface area contributed by atoms with Gasteiger partial charge in [-0.05, 0) is 43.1 Å². The number of pyridine rings is 1. The van der Waals surface area contributed by atoms with Crippen molar-refractivity contribution in [2.75, 3.05) is 6.54 Å². The van der Waals surface area contributed by atoms with Crippen molar-refractivity contribution >= 4 is 21.6 Å². The standard InChI is InChI=1S/C18H19N3S/c1-2-9-17-15(7-1)20-18(22-17)16-8-3-4-11-21(16)13-14-6-5-10-19-12-14/h1-2,5-7,9-10,12,16H,3-4,8,11,13H2. The maximum absolute atomic E-state index is 4.89. The van der Waals surface area contributed by atoms with E-state index in [1.54, 1.807) is 0 Å². The van der Waals surface area contributed by atoms with Crippen molar-refractivity contribution in [3.8, 4) is 0 Å². The van der Waals surface area contributed by atoms with Crippen molar-refractivity contribution in [3.63, 3.8) is 0 Å². The number of piperidine rings is 1. The number of aromatic nitrogens is 2. The number of fused-ring (bicyclic) bond motifs is 1. The van der Waals surface area contributed by atoms with Crippen LogP contribution in [0.2, 0.25) is 0 Å². The molecule has 0 amide bonds. The van der Waals surface area contributed by atoms with Gasteiger partial charge in [0, 0.05) is 18.9 Å². The van der Waals surface area contributed by atoms with E-state index >= 15 is 0 Å². The number of hydrogen-bond donors (Lipinski definition) is 0. The predicted molar refractivity (Wildman–Crippen MR) is 90.9 cm³/mol. The summed E-state index contributed by atoms with van der Waals surface area (Å²) in [6.45, 7) is 2.11. The molecule has 22 heavy (non-hydrogen) atoms. The highest BCUT2D eigenvalue weighted by atomic mass is 32.1. The van der Waals surface area contributed by atoms with Crippen molar-refractivity contribution in [2.24, 2.45) is 0 Å². The number of para-hydroxylation sites is 1. The van der Waals surface area contributed by atoms with Crippen LogP contribution in [0.3, 0.4) is 0 Å². The first-order chi connectivity index (χ1) is 10.9. The van der Waals surface area contributed by atoms with Gasteiger partial charge in [0.25, 0.3) is 0 Å². The van der Waals surface area contributed by atoms with Crippen molar-refractivity contribution in [1.29, 1.82) is 0 Å². The zero-order chi connectivity index (χ0) is 14.8. The molecule has 1 fully saturated rings. The maximum Gasteiger partial charge on any atom is 0.111 e. The second-order valence-corrected chi connectivity index (χ2v) is 6.93. The number of rotatable bonds is 3. The predicted octanol–water partition coefficient (Wildman–Crippen LogP) is 4.42. The number of thiazole rings is 1. The number of likely N-dealkylation sites (tertiary alicyclic amines) is 1. The first-order valence-electron chi connectivity index (χ1n) is 7.88. The van der Waals surface area contributed by atoms with Gasteiger partial charge in [0.1, 0.15) is 5.01 Å². The lowest BCUT2D eigenvalue weighted by atomic mass is 10.0. The van der Waals surface area contributed by atoms with Gasteiger partial charge in [-0.25, -0.2) is 4.98 Å². The van der Waals surface area contributed by atoms with E-state index in [9.17, 15) is 0 Å². The third kappa shape index (κ3) is 2.76. The topological polar surface area (TPSA) is 29.0 Å². The molecule has 0 spiro atoms. The van der Waals surface area contributed by atoms with Crippen LogP contribution in [-0.2, 0) is 6.54 Å². The molecule has 1 aromatic carbocycles. The molecule has 1 aliphatic heterocycles. The number of hydrogen-bond acceptors (Lipinski definition) is 4. The smallest absolute Gasteiger partial charge is 0.111 e. The molecule has 0 radical (unpaired) electrons. The van der Waals surface area contributed by atoms with Crippen LogP contribution in [0.1, 0.15) is 35.9 Å². The SMILES string of the molecule is c1cncc(CN2CCCCC2c2nc3ccccc3s2)c1. The van der Waals surface area contributed by atoms with Crippen LogP contribution >= 0.6 is 11.3 Å². The number of nitrogens with zero attached hydrogens (tertiary/aromatic N) is 3. The molecular weight excluding hydrogens is 290 g/mol. The fraction of sp³-hybridized carbons (Fsp3) is 0.333. The van der Waals surface area contributed by atoms with E-state index in [2.05, 4.69) is 40.2 Å². The van der Waals surface area contributed by atoms with Gasteiger partial charge in [-0.1, -0.05) is 24.6 Å². The average Bonchev–Trinajstić information content (AvgIpc) is 3.00. The molecule has 0 bridgehead atoms. The highest BCUT2D eigenvalue weighted by molar-refractivity contribution is 7.18. The quantitative estimate of drug-likeness (QED) is 0.717. The highest BCUT2D eigenvalue weighted by Gasteiger charge is 2.26. The van der Waals surface area contributed by atoms with Crippen molar-refractivity contribution in [1.82, 2.24) is 14.9 Å². The first-order valence-corrected chi connectivity index (χ1v) is 8.70.